The molecule has 1 fully saturated rings. The van der Waals surface area contributed by atoms with Gasteiger partial charge in [-0.25, -0.2) is 4.98 Å². The van der Waals surface area contributed by atoms with Crippen molar-refractivity contribution < 1.29 is 0 Å². The van der Waals surface area contributed by atoms with Gasteiger partial charge in [-0.15, -0.1) is 0 Å². The lowest BCUT2D eigenvalue weighted by atomic mass is 10.1. The van der Waals surface area contributed by atoms with Crippen LogP contribution in [-0.2, 0) is 0 Å². The maximum absolute atomic E-state index is 4.98. The van der Waals surface area contributed by atoms with Crippen molar-refractivity contribution in [2.75, 3.05) is 36.4 Å². The predicted octanol–water partition coefficient (Wildman–Crippen LogP) is 3.26. The van der Waals surface area contributed by atoms with Gasteiger partial charge in [-0.05, 0) is 26.3 Å². The Kier molecular flexibility index (Phi) is 5.19. The third-order valence-corrected chi connectivity index (χ3v) is 6.12. The van der Waals surface area contributed by atoms with Gasteiger partial charge in [0.1, 0.15) is 11.0 Å². The average molecular weight is 420 g/mol. The molecule has 1 saturated heterocycles. The molecule has 0 amide bonds. The number of para-hydroxylation sites is 1. The highest BCUT2D eigenvalue weighted by molar-refractivity contribution is 5.88. The van der Waals surface area contributed by atoms with Gasteiger partial charge in [0.2, 0.25) is 5.95 Å². The van der Waals surface area contributed by atoms with E-state index in [0.29, 0.717) is 0 Å². The molecule has 9 heteroatoms. The zero-order valence-electron chi connectivity index (χ0n) is 18.3. The highest BCUT2D eigenvalue weighted by Gasteiger charge is 2.22. The standard InChI is InChI=1S/C22H29N9/c1-4-14(2)31-20-18(13-24-31)26-22(30-11-9-23-10-12-30)27-21(20)25-15(3)19-16-7-5-6-8-17(16)28-29-19/h5-8,13-15,23H,4,9-12H2,1-3H3,(H,28,29)(H,25,26,27)/t14-,15?/m0/s1. The van der Waals surface area contributed by atoms with E-state index in [9.17, 15) is 0 Å². The monoisotopic (exact) mass is 419 g/mol. The molecule has 1 aromatic carbocycles. The van der Waals surface area contributed by atoms with Gasteiger partial charge in [-0.1, -0.05) is 25.1 Å². The van der Waals surface area contributed by atoms with Crippen molar-refractivity contribution >= 4 is 33.7 Å². The van der Waals surface area contributed by atoms with Crippen molar-refractivity contribution in [3.8, 4) is 0 Å². The Balaban J connectivity index is 1.58. The zero-order valence-corrected chi connectivity index (χ0v) is 18.3. The first-order valence-electron chi connectivity index (χ1n) is 11.1. The maximum atomic E-state index is 4.98. The molecule has 9 nitrogen and oxygen atoms in total. The Morgan fingerprint density at radius 2 is 1.90 bits per heavy atom. The molecule has 3 N–H and O–H groups in total. The molecule has 4 aromatic rings. The summed E-state index contributed by atoms with van der Waals surface area (Å²) in [5, 5.41) is 20.5. The fraction of sp³-hybridized carbons (Fsp3) is 0.455. The Morgan fingerprint density at radius 1 is 1.10 bits per heavy atom. The topological polar surface area (TPSA) is 99.6 Å². The summed E-state index contributed by atoms with van der Waals surface area (Å²) in [6.07, 6.45) is 2.84. The molecule has 162 valence electrons. The van der Waals surface area contributed by atoms with Crippen molar-refractivity contribution in [3.05, 3.63) is 36.2 Å². The van der Waals surface area contributed by atoms with Crippen LogP contribution in [0.15, 0.2) is 30.5 Å². The Hall–Kier alpha value is -3.20. The lowest BCUT2D eigenvalue weighted by molar-refractivity contribution is 0.493. The van der Waals surface area contributed by atoms with E-state index in [1.807, 2.05) is 29.1 Å². The number of nitrogens with zero attached hydrogens (tertiary/aromatic N) is 6. The summed E-state index contributed by atoms with van der Waals surface area (Å²) in [6.45, 7) is 10.1. The summed E-state index contributed by atoms with van der Waals surface area (Å²) < 4.78 is 2.04. The van der Waals surface area contributed by atoms with Gasteiger partial charge in [-0.3, -0.25) is 9.78 Å². The van der Waals surface area contributed by atoms with Gasteiger partial charge in [-0.2, -0.15) is 15.2 Å². The summed E-state index contributed by atoms with van der Waals surface area (Å²) in [5.41, 5.74) is 3.82. The highest BCUT2D eigenvalue weighted by atomic mass is 15.3. The molecule has 0 saturated carbocycles. The maximum Gasteiger partial charge on any atom is 0.228 e. The van der Waals surface area contributed by atoms with Crippen LogP contribution in [0.5, 0.6) is 0 Å². The highest BCUT2D eigenvalue weighted by Crippen LogP contribution is 2.31. The number of benzene rings is 1. The molecule has 31 heavy (non-hydrogen) atoms. The van der Waals surface area contributed by atoms with Gasteiger partial charge in [0.15, 0.2) is 5.82 Å². The smallest absolute Gasteiger partial charge is 0.228 e. The number of hydrogen-bond acceptors (Lipinski definition) is 7. The first-order chi connectivity index (χ1) is 15.2. The first-order valence-corrected chi connectivity index (χ1v) is 11.1. The summed E-state index contributed by atoms with van der Waals surface area (Å²) in [5.74, 6) is 1.56. The number of aromatic amines is 1. The van der Waals surface area contributed by atoms with Crippen LogP contribution in [0.4, 0.5) is 11.8 Å². The van der Waals surface area contributed by atoms with E-state index in [1.165, 1.54) is 0 Å². The van der Waals surface area contributed by atoms with Gasteiger partial charge < -0.3 is 15.5 Å². The van der Waals surface area contributed by atoms with E-state index in [4.69, 9.17) is 9.97 Å². The van der Waals surface area contributed by atoms with Crippen LogP contribution in [-0.4, -0.2) is 56.1 Å². The number of piperazine rings is 1. The predicted molar refractivity (Wildman–Crippen MR) is 124 cm³/mol. The number of aromatic nitrogens is 6. The van der Waals surface area contributed by atoms with Crippen LogP contribution in [0.1, 0.15) is 45.0 Å². The molecule has 1 aliphatic heterocycles. The SMILES string of the molecule is CC[C@H](C)n1ncc2nc(N3CCNCC3)nc(NC(C)c3[nH]nc4ccccc34)c21. The lowest BCUT2D eigenvalue weighted by Gasteiger charge is -2.28. The summed E-state index contributed by atoms with van der Waals surface area (Å²) in [6, 6.07) is 8.40. The van der Waals surface area contributed by atoms with E-state index < -0.39 is 0 Å². The molecule has 4 heterocycles. The number of H-pyrrole nitrogens is 1. The molecule has 0 bridgehead atoms. The third kappa shape index (κ3) is 3.59. The number of anilines is 2. The Labute approximate surface area is 181 Å². The molecule has 0 radical (unpaired) electrons. The number of fused-ring (bicyclic) bond motifs is 2. The first kappa shape index (κ1) is 19.7. The molecular weight excluding hydrogens is 390 g/mol. The molecule has 5 rings (SSSR count). The van der Waals surface area contributed by atoms with Crippen molar-refractivity contribution in [1.29, 1.82) is 0 Å². The van der Waals surface area contributed by atoms with Gasteiger partial charge in [0, 0.05) is 37.6 Å². The van der Waals surface area contributed by atoms with E-state index >= 15 is 0 Å². The summed E-state index contributed by atoms with van der Waals surface area (Å²) in [7, 11) is 0. The summed E-state index contributed by atoms with van der Waals surface area (Å²) >= 11 is 0. The Morgan fingerprint density at radius 3 is 2.71 bits per heavy atom. The summed E-state index contributed by atoms with van der Waals surface area (Å²) in [4.78, 5) is 12.1. The van der Waals surface area contributed by atoms with Crippen LogP contribution >= 0.6 is 0 Å². The molecule has 1 unspecified atom stereocenters. The van der Waals surface area contributed by atoms with Crippen LogP contribution in [0.2, 0.25) is 0 Å². The fourth-order valence-corrected chi connectivity index (χ4v) is 4.15. The second-order valence-corrected chi connectivity index (χ2v) is 8.21. The molecule has 0 spiro atoms. The number of hydrogen-bond donors (Lipinski definition) is 3. The Bertz CT molecular complexity index is 1190. The van der Waals surface area contributed by atoms with Crippen LogP contribution in [0.3, 0.4) is 0 Å². The second kappa shape index (κ2) is 8.14. The van der Waals surface area contributed by atoms with Crippen LogP contribution in [0.25, 0.3) is 21.9 Å². The van der Waals surface area contributed by atoms with E-state index in [2.05, 4.69) is 57.7 Å². The number of rotatable bonds is 6. The van der Waals surface area contributed by atoms with Crippen molar-refractivity contribution in [1.82, 2.24) is 35.3 Å². The minimum absolute atomic E-state index is 0.0124. The van der Waals surface area contributed by atoms with Gasteiger partial charge in [0.25, 0.3) is 0 Å². The zero-order chi connectivity index (χ0) is 21.4. The quantitative estimate of drug-likeness (QED) is 0.441. The minimum Gasteiger partial charge on any atom is -0.360 e. The largest absolute Gasteiger partial charge is 0.360 e. The average Bonchev–Trinajstić information content (AvgIpc) is 3.44. The molecule has 0 aliphatic carbocycles. The normalized spacial score (nSPS) is 16.7. The molecule has 1 aliphatic rings. The lowest BCUT2D eigenvalue weighted by Crippen LogP contribution is -2.44. The van der Waals surface area contributed by atoms with Crippen molar-refractivity contribution in [3.63, 3.8) is 0 Å². The molecule has 2 atom stereocenters. The van der Waals surface area contributed by atoms with E-state index in [0.717, 1.165) is 72.0 Å². The molecule has 3 aromatic heterocycles. The number of nitrogens with one attached hydrogen (secondary N) is 3. The van der Waals surface area contributed by atoms with Crippen molar-refractivity contribution in [2.24, 2.45) is 0 Å². The minimum atomic E-state index is -0.0124. The molecular formula is C22H29N9. The van der Waals surface area contributed by atoms with Gasteiger partial charge in [0.05, 0.1) is 23.4 Å². The van der Waals surface area contributed by atoms with Gasteiger partial charge >= 0.3 is 0 Å². The van der Waals surface area contributed by atoms with E-state index in [-0.39, 0.29) is 12.1 Å². The second-order valence-electron chi connectivity index (χ2n) is 8.21. The van der Waals surface area contributed by atoms with Crippen LogP contribution < -0.4 is 15.5 Å². The fourth-order valence-electron chi connectivity index (χ4n) is 4.15. The third-order valence-electron chi connectivity index (χ3n) is 6.12. The van der Waals surface area contributed by atoms with Crippen molar-refractivity contribution in [2.45, 2.75) is 39.3 Å². The van der Waals surface area contributed by atoms with E-state index in [1.54, 1.807) is 0 Å². The van der Waals surface area contributed by atoms with Crippen LogP contribution in [0, 0.1) is 0 Å².